The topological polar surface area (TPSA) is 93.4 Å². The highest BCUT2D eigenvalue weighted by Crippen LogP contribution is 2.56. The average molecular weight is 377 g/mol. The standard InChI is InChI=1S/C22H23N3O3/c1-20(2)10-28-21(3,4)22(20)24-14-9-13(23)15-16(17(14)25-22)19(27)12-8-6-5-7-11(12)18(15)26/h5-9,24-25H,10,23H2,1-4H3. The fourth-order valence-electron chi connectivity index (χ4n) is 5.00. The lowest BCUT2D eigenvalue weighted by atomic mass is 9.73. The van der Waals surface area contributed by atoms with Gasteiger partial charge in [0.05, 0.1) is 29.1 Å². The Hall–Kier alpha value is -2.86. The largest absolute Gasteiger partial charge is 0.398 e. The molecule has 1 saturated heterocycles. The fourth-order valence-corrected chi connectivity index (χ4v) is 5.00. The Balaban J connectivity index is 1.76. The Bertz CT molecular complexity index is 1070. The van der Waals surface area contributed by atoms with Crippen molar-refractivity contribution in [2.75, 3.05) is 23.0 Å². The number of ketones is 2. The highest BCUT2D eigenvalue weighted by Gasteiger charge is 2.64. The molecule has 6 heteroatoms. The third-order valence-corrected chi connectivity index (χ3v) is 6.58. The van der Waals surface area contributed by atoms with E-state index in [-0.39, 0.29) is 22.5 Å². The molecule has 5 rings (SSSR count). The number of anilines is 3. The molecule has 1 atom stereocenters. The first-order chi connectivity index (χ1) is 13.1. The van der Waals surface area contributed by atoms with Gasteiger partial charge in [-0.15, -0.1) is 0 Å². The Morgan fingerprint density at radius 3 is 2.14 bits per heavy atom. The summed E-state index contributed by atoms with van der Waals surface area (Å²) in [5.41, 5.74) is 7.93. The summed E-state index contributed by atoms with van der Waals surface area (Å²) in [6.07, 6.45) is 0. The molecule has 4 N–H and O–H groups in total. The Morgan fingerprint density at radius 1 is 0.964 bits per heavy atom. The number of hydrogen-bond acceptors (Lipinski definition) is 6. The summed E-state index contributed by atoms with van der Waals surface area (Å²) in [5, 5.41) is 7.12. The lowest BCUT2D eigenvalue weighted by molar-refractivity contribution is 0.0138. The number of ether oxygens (including phenoxy) is 1. The van der Waals surface area contributed by atoms with Crippen LogP contribution in [0.2, 0.25) is 0 Å². The van der Waals surface area contributed by atoms with Gasteiger partial charge in [-0.2, -0.15) is 0 Å². The van der Waals surface area contributed by atoms with Gasteiger partial charge in [-0.05, 0) is 19.9 Å². The third-order valence-electron chi connectivity index (χ3n) is 6.58. The van der Waals surface area contributed by atoms with Crippen molar-refractivity contribution in [2.24, 2.45) is 5.41 Å². The fraction of sp³-hybridized carbons (Fsp3) is 0.364. The SMILES string of the molecule is CC1(C)COC(C)(C)C12Nc1cc(N)c3c(c1N2)C(=O)c1ccccc1C3=O. The maximum atomic E-state index is 13.4. The molecule has 2 aliphatic heterocycles. The number of fused-ring (bicyclic) bond motifs is 4. The number of benzene rings is 2. The molecule has 1 unspecified atom stereocenters. The summed E-state index contributed by atoms with van der Waals surface area (Å²) in [4.78, 5) is 26.5. The summed E-state index contributed by atoms with van der Waals surface area (Å²) < 4.78 is 6.09. The van der Waals surface area contributed by atoms with Crippen LogP contribution < -0.4 is 16.4 Å². The maximum absolute atomic E-state index is 13.4. The summed E-state index contributed by atoms with van der Waals surface area (Å²) in [5.74, 6) is -0.399. The van der Waals surface area contributed by atoms with Gasteiger partial charge in [-0.3, -0.25) is 9.59 Å². The van der Waals surface area contributed by atoms with Crippen molar-refractivity contribution in [3.8, 4) is 0 Å². The van der Waals surface area contributed by atoms with Gasteiger partial charge in [0.1, 0.15) is 11.3 Å². The molecule has 2 aromatic carbocycles. The highest BCUT2D eigenvalue weighted by atomic mass is 16.5. The third kappa shape index (κ3) is 1.81. The van der Waals surface area contributed by atoms with Crippen molar-refractivity contribution < 1.29 is 14.3 Å². The van der Waals surface area contributed by atoms with Crippen LogP contribution in [0, 0.1) is 5.41 Å². The number of hydrogen-bond donors (Lipinski definition) is 3. The maximum Gasteiger partial charge on any atom is 0.196 e. The minimum absolute atomic E-state index is 0.186. The minimum atomic E-state index is -0.635. The average Bonchev–Trinajstić information content (AvgIpc) is 3.12. The van der Waals surface area contributed by atoms with Gasteiger partial charge in [0.2, 0.25) is 0 Å². The lowest BCUT2D eigenvalue weighted by Gasteiger charge is -2.45. The van der Waals surface area contributed by atoms with Gasteiger partial charge in [0.15, 0.2) is 11.6 Å². The number of carbonyl (C=O) groups is 2. The highest BCUT2D eigenvalue weighted by molar-refractivity contribution is 6.32. The molecule has 0 radical (unpaired) electrons. The summed E-state index contributed by atoms with van der Waals surface area (Å²) in [6.45, 7) is 8.83. The molecule has 1 aliphatic carbocycles. The van der Waals surface area contributed by atoms with Gasteiger partial charge in [0.25, 0.3) is 0 Å². The quantitative estimate of drug-likeness (QED) is 0.520. The molecule has 1 spiro atoms. The van der Waals surface area contributed by atoms with E-state index in [2.05, 4.69) is 24.5 Å². The van der Waals surface area contributed by atoms with Crippen LogP contribution in [0.4, 0.5) is 17.1 Å². The molecule has 2 heterocycles. The molecule has 0 bridgehead atoms. The van der Waals surface area contributed by atoms with Gasteiger partial charge < -0.3 is 21.1 Å². The normalized spacial score (nSPS) is 25.7. The van der Waals surface area contributed by atoms with E-state index >= 15 is 0 Å². The van der Waals surface area contributed by atoms with Crippen molar-refractivity contribution in [1.82, 2.24) is 0 Å². The van der Waals surface area contributed by atoms with Crippen LogP contribution in [0.1, 0.15) is 59.5 Å². The number of carbonyl (C=O) groups excluding carboxylic acids is 2. The van der Waals surface area contributed by atoms with Crippen LogP contribution in [0.3, 0.4) is 0 Å². The first-order valence-corrected chi connectivity index (χ1v) is 9.45. The van der Waals surface area contributed by atoms with E-state index in [1.807, 2.05) is 13.8 Å². The van der Waals surface area contributed by atoms with Crippen LogP contribution in [0.15, 0.2) is 30.3 Å². The molecule has 0 aromatic heterocycles. The molecular weight excluding hydrogens is 354 g/mol. The lowest BCUT2D eigenvalue weighted by Crippen LogP contribution is -2.62. The van der Waals surface area contributed by atoms with Gasteiger partial charge in [-0.25, -0.2) is 0 Å². The van der Waals surface area contributed by atoms with Crippen LogP contribution in [-0.4, -0.2) is 29.4 Å². The Morgan fingerprint density at radius 2 is 1.57 bits per heavy atom. The minimum Gasteiger partial charge on any atom is -0.398 e. The predicted molar refractivity (Wildman–Crippen MR) is 108 cm³/mol. The van der Waals surface area contributed by atoms with Crippen molar-refractivity contribution in [3.05, 3.63) is 52.6 Å². The summed E-state index contributed by atoms with van der Waals surface area (Å²) >= 11 is 0. The predicted octanol–water partition coefficient (Wildman–Crippen LogP) is 3.41. The van der Waals surface area contributed by atoms with E-state index in [9.17, 15) is 9.59 Å². The zero-order valence-electron chi connectivity index (χ0n) is 16.4. The summed E-state index contributed by atoms with van der Waals surface area (Å²) in [7, 11) is 0. The second kappa shape index (κ2) is 4.94. The van der Waals surface area contributed by atoms with Crippen LogP contribution in [-0.2, 0) is 4.74 Å². The second-order valence-electron chi connectivity index (χ2n) is 9.03. The summed E-state index contributed by atoms with van der Waals surface area (Å²) in [6, 6.07) is 8.65. The number of nitrogens with one attached hydrogen (secondary N) is 2. The Kier molecular flexibility index (Phi) is 3.05. The van der Waals surface area contributed by atoms with E-state index in [1.54, 1.807) is 30.3 Å². The van der Waals surface area contributed by atoms with Crippen molar-refractivity contribution in [1.29, 1.82) is 0 Å². The van der Waals surface area contributed by atoms with Crippen LogP contribution in [0.5, 0.6) is 0 Å². The molecule has 144 valence electrons. The molecule has 0 saturated carbocycles. The first kappa shape index (κ1) is 17.3. The van der Waals surface area contributed by atoms with Crippen LogP contribution in [0.25, 0.3) is 0 Å². The number of nitrogens with two attached hydrogens (primary N) is 1. The molecule has 1 fully saturated rings. The van der Waals surface area contributed by atoms with E-state index < -0.39 is 11.3 Å². The van der Waals surface area contributed by atoms with E-state index in [1.165, 1.54) is 0 Å². The first-order valence-electron chi connectivity index (χ1n) is 9.45. The Labute approximate surface area is 163 Å². The van der Waals surface area contributed by atoms with Crippen molar-refractivity contribution in [2.45, 2.75) is 39.0 Å². The molecule has 6 nitrogen and oxygen atoms in total. The van der Waals surface area contributed by atoms with Gasteiger partial charge in [0, 0.05) is 22.2 Å². The van der Waals surface area contributed by atoms with Crippen LogP contribution >= 0.6 is 0 Å². The zero-order chi connectivity index (χ0) is 20.1. The molecule has 0 amide bonds. The second-order valence-corrected chi connectivity index (χ2v) is 9.03. The molecule has 28 heavy (non-hydrogen) atoms. The van der Waals surface area contributed by atoms with Gasteiger partial charge in [-0.1, -0.05) is 38.1 Å². The van der Waals surface area contributed by atoms with E-state index in [4.69, 9.17) is 10.5 Å². The zero-order valence-corrected chi connectivity index (χ0v) is 16.4. The number of nitrogen functional groups attached to an aromatic ring is 1. The molecule has 3 aliphatic rings. The van der Waals surface area contributed by atoms with Crippen molar-refractivity contribution in [3.63, 3.8) is 0 Å². The van der Waals surface area contributed by atoms with E-state index in [0.717, 1.165) is 5.69 Å². The van der Waals surface area contributed by atoms with Crippen molar-refractivity contribution >= 4 is 28.6 Å². The van der Waals surface area contributed by atoms with E-state index in [0.29, 0.717) is 34.7 Å². The smallest absolute Gasteiger partial charge is 0.196 e. The number of rotatable bonds is 0. The van der Waals surface area contributed by atoms with Gasteiger partial charge >= 0.3 is 0 Å². The molecule has 2 aromatic rings. The monoisotopic (exact) mass is 377 g/mol. The molecular formula is C22H23N3O3.